The van der Waals surface area contributed by atoms with Crippen LogP contribution in [0.3, 0.4) is 0 Å². The standard InChI is InChI=1S/C13H13BrN2O/c1-9-6-12(14)13(15-7-9)16-8-10-2-4-11(17)5-3-10/h2-7,17H,8H2,1H3,(H,15,16). The molecule has 2 rings (SSSR count). The Labute approximate surface area is 109 Å². The summed E-state index contributed by atoms with van der Waals surface area (Å²) in [5.74, 6) is 1.10. The van der Waals surface area contributed by atoms with Crippen LogP contribution in [0.1, 0.15) is 11.1 Å². The predicted molar refractivity (Wildman–Crippen MR) is 72.1 cm³/mol. The normalized spacial score (nSPS) is 10.2. The molecule has 0 bridgehead atoms. The van der Waals surface area contributed by atoms with Crippen LogP contribution in [0.5, 0.6) is 5.75 Å². The number of phenols is 1. The average molecular weight is 293 g/mol. The van der Waals surface area contributed by atoms with Gasteiger partial charge in [-0.15, -0.1) is 0 Å². The van der Waals surface area contributed by atoms with Crippen LogP contribution < -0.4 is 5.32 Å². The first-order valence-corrected chi connectivity index (χ1v) is 6.08. The third-order valence-corrected chi connectivity index (χ3v) is 2.98. The van der Waals surface area contributed by atoms with E-state index in [1.807, 2.05) is 31.3 Å². The number of aryl methyl sites for hydroxylation is 1. The minimum Gasteiger partial charge on any atom is -0.508 e. The zero-order valence-electron chi connectivity index (χ0n) is 9.44. The third kappa shape index (κ3) is 3.20. The van der Waals surface area contributed by atoms with E-state index in [1.165, 1.54) is 0 Å². The van der Waals surface area contributed by atoms with Crippen LogP contribution in [0.15, 0.2) is 41.0 Å². The largest absolute Gasteiger partial charge is 0.508 e. The number of benzene rings is 1. The first-order chi connectivity index (χ1) is 8.15. The van der Waals surface area contributed by atoms with Crippen LogP contribution in [-0.2, 0) is 6.54 Å². The molecule has 0 radical (unpaired) electrons. The molecule has 17 heavy (non-hydrogen) atoms. The van der Waals surface area contributed by atoms with Gasteiger partial charge >= 0.3 is 0 Å². The number of aromatic nitrogens is 1. The quantitative estimate of drug-likeness (QED) is 0.910. The summed E-state index contributed by atoms with van der Waals surface area (Å²) in [4.78, 5) is 4.30. The van der Waals surface area contributed by atoms with Gasteiger partial charge in [0.05, 0.1) is 4.47 Å². The molecule has 1 aromatic carbocycles. The number of halogens is 1. The van der Waals surface area contributed by atoms with Gasteiger partial charge < -0.3 is 10.4 Å². The molecular weight excluding hydrogens is 280 g/mol. The van der Waals surface area contributed by atoms with Crippen molar-refractivity contribution in [1.29, 1.82) is 0 Å². The van der Waals surface area contributed by atoms with Gasteiger partial charge in [0.2, 0.25) is 0 Å². The summed E-state index contributed by atoms with van der Waals surface area (Å²) in [5, 5.41) is 12.4. The fraction of sp³-hybridized carbons (Fsp3) is 0.154. The van der Waals surface area contributed by atoms with E-state index in [2.05, 4.69) is 26.2 Å². The molecular formula is C13H13BrN2O. The second-order valence-corrected chi connectivity index (χ2v) is 4.72. The smallest absolute Gasteiger partial charge is 0.140 e. The van der Waals surface area contributed by atoms with E-state index in [1.54, 1.807) is 12.1 Å². The Morgan fingerprint density at radius 1 is 1.29 bits per heavy atom. The van der Waals surface area contributed by atoms with Gasteiger partial charge in [0.1, 0.15) is 11.6 Å². The van der Waals surface area contributed by atoms with E-state index in [0.29, 0.717) is 6.54 Å². The van der Waals surface area contributed by atoms with Gasteiger partial charge in [-0.25, -0.2) is 4.98 Å². The van der Waals surface area contributed by atoms with Crippen LogP contribution in [0.4, 0.5) is 5.82 Å². The molecule has 0 spiro atoms. The highest BCUT2D eigenvalue weighted by atomic mass is 79.9. The molecule has 1 heterocycles. The van der Waals surface area contributed by atoms with E-state index in [0.717, 1.165) is 21.4 Å². The molecule has 88 valence electrons. The van der Waals surface area contributed by atoms with Crippen LogP contribution in [0.25, 0.3) is 0 Å². The number of nitrogens with one attached hydrogen (secondary N) is 1. The zero-order chi connectivity index (χ0) is 12.3. The number of hydrogen-bond acceptors (Lipinski definition) is 3. The maximum Gasteiger partial charge on any atom is 0.140 e. The predicted octanol–water partition coefficient (Wildman–Crippen LogP) is 3.47. The SMILES string of the molecule is Cc1cnc(NCc2ccc(O)cc2)c(Br)c1. The van der Waals surface area contributed by atoms with Gasteiger partial charge in [0, 0.05) is 12.7 Å². The summed E-state index contributed by atoms with van der Waals surface area (Å²) < 4.78 is 0.955. The number of nitrogens with zero attached hydrogens (tertiary/aromatic N) is 1. The molecule has 0 unspecified atom stereocenters. The molecule has 3 nitrogen and oxygen atoms in total. The van der Waals surface area contributed by atoms with E-state index >= 15 is 0 Å². The Bertz CT molecular complexity index is 511. The molecule has 2 N–H and O–H groups in total. The fourth-order valence-corrected chi connectivity index (χ4v) is 2.07. The summed E-state index contributed by atoms with van der Waals surface area (Å²) >= 11 is 3.47. The van der Waals surface area contributed by atoms with Gasteiger partial charge in [-0.3, -0.25) is 0 Å². The van der Waals surface area contributed by atoms with E-state index < -0.39 is 0 Å². The summed E-state index contributed by atoms with van der Waals surface area (Å²) in [6, 6.07) is 9.13. The van der Waals surface area contributed by atoms with Crippen molar-refractivity contribution < 1.29 is 5.11 Å². The highest BCUT2D eigenvalue weighted by molar-refractivity contribution is 9.10. The second kappa shape index (κ2) is 5.19. The maximum absolute atomic E-state index is 9.18. The van der Waals surface area contributed by atoms with Crippen molar-refractivity contribution in [3.8, 4) is 5.75 Å². The molecule has 0 amide bonds. The molecule has 0 aliphatic heterocycles. The van der Waals surface area contributed by atoms with Crippen LogP contribution in [0.2, 0.25) is 0 Å². The van der Waals surface area contributed by atoms with Crippen molar-refractivity contribution >= 4 is 21.7 Å². The Balaban J connectivity index is 2.04. The summed E-state index contributed by atoms with van der Waals surface area (Å²) in [6.07, 6.45) is 1.82. The second-order valence-electron chi connectivity index (χ2n) is 3.86. The number of pyridine rings is 1. The van der Waals surface area contributed by atoms with Crippen molar-refractivity contribution in [3.63, 3.8) is 0 Å². The average Bonchev–Trinajstić information content (AvgIpc) is 2.30. The lowest BCUT2D eigenvalue weighted by Gasteiger charge is -2.08. The van der Waals surface area contributed by atoms with Crippen LogP contribution in [0, 0.1) is 6.92 Å². The highest BCUT2D eigenvalue weighted by Crippen LogP contribution is 2.21. The van der Waals surface area contributed by atoms with Gasteiger partial charge in [-0.2, -0.15) is 0 Å². The van der Waals surface area contributed by atoms with Gasteiger partial charge in [-0.05, 0) is 52.2 Å². The zero-order valence-corrected chi connectivity index (χ0v) is 11.0. The lowest BCUT2D eigenvalue weighted by Crippen LogP contribution is -2.02. The highest BCUT2D eigenvalue weighted by Gasteiger charge is 2.01. The molecule has 2 aromatic rings. The summed E-state index contributed by atoms with van der Waals surface area (Å²) in [7, 11) is 0. The Kier molecular flexibility index (Phi) is 3.64. The van der Waals surface area contributed by atoms with Crippen molar-refractivity contribution in [2.75, 3.05) is 5.32 Å². The first-order valence-electron chi connectivity index (χ1n) is 5.29. The van der Waals surface area contributed by atoms with Crippen molar-refractivity contribution in [2.24, 2.45) is 0 Å². The van der Waals surface area contributed by atoms with Gasteiger partial charge in [0.25, 0.3) is 0 Å². The maximum atomic E-state index is 9.18. The molecule has 0 fully saturated rings. The molecule has 0 aliphatic rings. The Hall–Kier alpha value is -1.55. The fourth-order valence-electron chi connectivity index (χ4n) is 1.46. The lowest BCUT2D eigenvalue weighted by atomic mass is 10.2. The van der Waals surface area contributed by atoms with Crippen LogP contribution >= 0.6 is 15.9 Å². The number of rotatable bonds is 3. The monoisotopic (exact) mass is 292 g/mol. The molecule has 0 saturated heterocycles. The van der Waals surface area contributed by atoms with E-state index in [4.69, 9.17) is 0 Å². The number of phenolic OH excluding ortho intramolecular Hbond substituents is 1. The number of aromatic hydroxyl groups is 1. The molecule has 4 heteroatoms. The Morgan fingerprint density at radius 3 is 2.65 bits per heavy atom. The molecule has 0 saturated carbocycles. The van der Waals surface area contributed by atoms with Gasteiger partial charge in [-0.1, -0.05) is 12.1 Å². The molecule has 0 atom stereocenters. The molecule has 1 aromatic heterocycles. The van der Waals surface area contributed by atoms with Gasteiger partial charge in [0.15, 0.2) is 0 Å². The summed E-state index contributed by atoms with van der Waals surface area (Å²) in [6.45, 7) is 2.68. The number of anilines is 1. The van der Waals surface area contributed by atoms with Crippen molar-refractivity contribution in [3.05, 3.63) is 52.1 Å². The van der Waals surface area contributed by atoms with E-state index in [9.17, 15) is 5.11 Å². The number of hydrogen-bond donors (Lipinski definition) is 2. The summed E-state index contributed by atoms with van der Waals surface area (Å²) in [5.41, 5.74) is 2.21. The lowest BCUT2D eigenvalue weighted by molar-refractivity contribution is 0.475. The first kappa shape index (κ1) is 11.9. The minimum atomic E-state index is 0.281. The Morgan fingerprint density at radius 2 is 2.00 bits per heavy atom. The topological polar surface area (TPSA) is 45.2 Å². The van der Waals surface area contributed by atoms with Crippen LogP contribution in [-0.4, -0.2) is 10.1 Å². The van der Waals surface area contributed by atoms with Crippen molar-refractivity contribution in [2.45, 2.75) is 13.5 Å². The van der Waals surface area contributed by atoms with E-state index in [-0.39, 0.29) is 5.75 Å². The molecule has 0 aliphatic carbocycles. The minimum absolute atomic E-state index is 0.281. The third-order valence-electron chi connectivity index (χ3n) is 2.37. The van der Waals surface area contributed by atoms with Crippen molar-refractivity contribution in [1.82, 2.24) is 4.98 Å².